The van der Waals surface area contributed by atoms with Gasteiger partial charge in [0.1, 0.15) is 5.75 Å². The topological polar surface area (TPSA) is 64.3 Å². The van der Waals surface area contributed by atoms with Crippen LogP contribution >= 0.6 is 0 Å². The highest BCUT2D eigenvalue weighted by molar-refractivity contribution is 5.98. The number of carbonyl (C=O) groups is 1. The summed E-state index contributed by atoms with van der Waals surface area (Å²) in [6, 6.07) is 15.0. The molecule has 0 amide bonds. The van der Waals surface area contributed by atoms with Crippen molar-refractivity contribution in [2.24, 2.45) is 0 Å². The number of hydrogen-bond donors (Lipinski definition) is 2. The Morgan fingerprint density at radius 3 is 2.60 bits per heavy atom. The molecule has 2 rings (SSSR count). The minimum absolute atomic E-state index is 0.00952. The van der Waals surface area contributed by atoms with Crippen LogP contribution in [0.15, 0.2) is 48.5 Å². The van der Waals surface area contributed by atoms with Crippen LogP contribution in [-0.4, -0.2) is 19.4 Å². The first kappa shape index (κ1) is 14.1. The predicted molar refractivity (Wildman–Crippen MR) is 79.9 cm³/mol. The molecule has 3 N–H and O–H groups in total. The molecule has 0 fully saturated rings. The Bertz CT molecular complexity index is 582. The highest BCUT2D eigenvalue weighted by Gasteiger charge is 2.08. The zero-order valence-electron chi connectivity index (χ0n) is 11.4. The van der Waals surface area contributed by atoms with E-state index in [0.717, 1.165) is 5.56 Å². The Labute approximate surface area is 118 Å². The average Bonchev–Trinajstić information content (AvgIpc) is 2.48. The first-order valence-electron chi connectivity index (χ1n) is 6.42. The van der Waals surface area contributed by atoms with Crippen molar-refractivity contribution >= 4 is 11.5 Å². The number of methoxy groups -OCH3 is 1. The lowest BCUT2D eigenvalue weighted by Crippen LogP contribution is -2.22. The van der Waals surface area contributed by atoms with Crippen molar-refractivity contribution in [3.63, 3.8) is 0 Å². The van der Waals surface area contributed by atoms with Crippen LogP contribution < -0.4 is 15.8 Å². The van der Waals surface area contributed by atoms with Gasteiger partial charge < -0.3 is 15.8 Å². The maximum Gasteiger partial charge on any atom is 0.176 e. The molecule has 0 radical (unpaired) electrons. The second-order valence-electron chi connectivity index (χ2n) is 4.47. The molecule has 0 aliphatic heterocycles. The number of carbonyl (C=O) groups excluding carboxylic acids is 1. The van der Waals surface area contributed by atoms with Gasteiger partial charge in [-0.05, 0) is 23.8 Å². The molecule has 0 bridgehead atoms. The Morgan fingerprint density at radius 1 is 1.20 bits per heavy atom. The third-order valence-corrected chi connectivity index (χ3v) is 3.01. The van der Waals surface area contributed by atoms with Crippen LogP contribution in [-0.2, 0) is 6.54 Å². The van der Waals surface area contributed by atoms with Gasteiger partial charge in [0.25, 0.3) is 0 Å². The fourth-order valence-corrected chi connectivity index (χ4v) is 1.93. The molecule has 2 aromatic carbocycles. The van der Waals surface area contributed by atoms with Crippen molar-refractivity contribution in [2.75, 3.05) is 19.4 Å². The van der Waals surface area contributed by atoms with Gasteiger partial charge in [-0.1, -0.05) is 30.3 Å². The summed E-state index contributed by atoms with van der Waals surface area (Å²) < 4.78 is 5.07. The number of anilines is 1. The van der Waals surface area contributed by atoms with E-state index in [1.54, 1.807) is 25.3 Å². The van der Waals surface area contributed by atoms with Gasteiger partial charge >= 0.3 is 0 Å². The number of hydrogen-bond acceptors (Lipinski definition) is 4. The van der Waals surface area contributed by atoms with E-state index in [1.165, 1.54) is 0 Å². The summed E-state index contributed by atoms with van der Waals surface area (Å²) in [5, 5.41) is 3.13. The normalized spacial score (nSPS) is 10.2. The minimum atomic E-state index is 0.00952. The molecule has 104 valence electrons. The molecule has 4 heteroatoms. The number of benzene rings is 2. The largest absolute Gasteiger partial charge is 0.495 e. The first-order chi connectivity index (χ1) is 9.70. The number of rotatable bonds is 6. The molecule has 0 saturated carbocycles. The van der Waals surface area contributed by atoms with Gasteiger partial charge in [0, 0.05) is 12.1 Å². The van der Waals surface area contributed by atoms with Gasteiger partial charge in [0.15, 0.2) is 5.78 Å². The van der Waals surface area contributed by atoms with E-state index < -0.39 is 0 Å². The zero-order valence-corrected chi connectivity index (χ0v) is 11.4. The Morgan fingerprint density at radius 2 is 1.95 bits per heavy atom. The summed E-state index contributed by atoms with van der Waals surface area (Å²) in [5.74, 6) is 0.592. The van der Waals surface area contributed by atoms with Crippen molar-refractivity contribution in [1.82, 2.24) is 5.32 Å². The van der Waals surface area contributed by atoms with E-state index in [1.807, 2.05) is 30.3 Å². The zero-order chi connectivity index (χ0) is 14.4. The molecular formula is C16H18N2O2. The van der Waals surface area contributed by atoms with E-state index in [-0.39, 0.29) is 12.3 Å². The molecule has 0 unspecified atom stereocenters. The lowest BCUT2D eigenvalue weighted by atomic mass is 10.1. The molecule has 0 atom stereocenters. The van der Waals surface area contributed by atoms with Crippen LogP contribution in [0.3, 0.4) is 0 Å². The van der Waals surface area contributed by atoms with Gasteiger partial charge in [-0.25, -0.2) is 0 Å². The highest BCUT2D eigenvalue weighted by atomic mass is 16.5. The molecule has 0 aromatic heterocycles. The van der Waals surface area contributed by atoms with Crippen molar-refractivity contribution in [1.29, 1.82) is 0 Å². The number of Topliss-reactive ketones (excluding diaryl/α,β-unsaturated/α-hetero) is 1. The highest BCUT2D eigenvalue weighted by Crippen LogP contribution is 2.21. The fraction of sp³-hybridized carbons (Fsp3) is 0.188. The Kier molecular flexibility index (Phi) is 4.74. The molecule has 0 aliphatic carbocycles. The van der Waals surface area contributed by atoms with Crippen LogP contribution in [0.4, 0.5) is 5.69 Å². The third kappa shape index (κ3) is 3.59. The van der Waals surface area contributed by atoms with Gasteiger partial charge in [-0.15, -0.1) is 0 Å². The second-order valence-corrected chi connectivity index (χ2v) is 4.47. The maximum absolute atomic E-state index is 12.0. The van der Waals surface area contributed by atoms with E-state index in [0.29, 0.717) is 23.5 Å². The molecule has 4 nitrogen and oxygen atoms in total. The van der Waals surface area contributed by atoms with Crippen molar-refractivity contribution < 1.29 is 9.53 Å². The average molecular weight is 270 g/mol. The van der Waals surface area contributed by atoms with Gasteiger partial charge in [-0.2, -0.15) is 0 Å². The second kappa shape index (κ2) is 6.73. The fourth-order valence-electron chi connectivity index (χ4n) is 1.93. The number of ketones is 1. The van der Waals surface area contributed by atoms with Gasteiger partial charge in [-0.3, -0.25) is 4.79 Å². The summed E-state index contributed by atoms with van der Waals surface area (Å²) in [6.07, 6.45) is 0. The summed E-state index contributed by atoms with van der Waals surface area (Å²) in [6.45, 7) is 0.943. The monoisotopic (exact) mass is 270 g/mol. The van der Waals surface area contributed by atoms with E-state index in [9.17, 15) is 4.79 Å². The Balaban J connectivity index is 1.90. The van der Waals surface area contributed by atoms with Gasteiger partial charge in [0.05, 0.1) is 19.3 Å². The number of nitrogens with two attached hydrogens (primary N) is 1. The summed E-state index contributed by atoms with van der Waals surface area (Å²) in [5.41, 5.74) is 8.00. The molecule has 0 heterocycles. The number of nitrogens with one attached hydrogen (secondary N) is 1. The molecule has 0 saturated heterocycles. The summed E-state index contributed by atoms with van der Waals surface area (Å²) in [7, 11) is 1.55. The molecular weight excluding hydrogens is 252 g/mol. The molecule has 0 aliphatic rings. The standard InChI is InChI=1S/C16H18N2O2/c1-20-16-8-7-13(9-14(16)17)15(19)11-18-10-12-5-3-2-4-6-12/h2-9,18H,10-11,17H2,1H3. The summed E-state index contributed by atoms with van der Waals surface area (Å²) >= 11 is 0. The van der Waals surface area contributed by atoms with E-state index in [2.05, 4.69) is 5.32 Å². The van der Waals surface area contributed by atoms with Crippen LogP contribution in [0.5, 0.6) is 5.75 Å². The third-order valence-electron chi connectivity index (χ3n) is 3.01. The quantitative estimate of drug-likeness (QED) is 0.624. The van der Waals surface area contributed by atoms with Gasteiger partial charge in [0.2, 0.25) is 0 Å². The molecule has 2 aromatic rings. The smallest absolute Gasteiger partial charge is 0.176 e. The SMILES string of the molecule is COc1ccc(C(=O)CNCc2ccccc2)cc1N. The molecule has 20 heavy (non-hydrogen) atoms. The van der Waals surface area contributed by atoms with Crippen LogP contribution in [0.2, 0.25) is 0 Å². The lowest BCUT2D eigenvalue weighted by Gasteiger charge is -2.07. The predicted octanol–water partition coefficient (Wildman–Crippen LogP) is 2.25. The van der Waals surface area contributed by atoms with Crippen molar-refractivity contribution in [2.45, 2.75) is 6.54 Å². The maximum atomic E-state index is 12.0. The van der Waals surface area contributed by atoms with E-state index in [4.69, 9.17) is 10.5 Å². The van der Waals surface area contributed by atoms with Crippen molar-refractivity contribution in [3.05, 3.63) is 59.7 Å². The van der Waals surface area contributed by atoms with Crippen LogP contribution in [0, 0.1) is 0 Å². The number of nitrogen functional groups attached to an aromatic ring is 1. The Hall–Kier alpha value is -2.33. The minimum Gasteiger partial charge on any atom is -0.495 e. The first-order valence-corrected chi connectivity index (χ1v) is 6.42. The van der Waals surface area contributed by atoms with E-state index >= 15 is 0 Å². The lowest BCUT2D eigenvalue weighted by molar-refractivity contribution is 0.0991. The molecule has 0 spiro atoms. The van der Waals surface area contributed by atoms with Crippen LogP contribution in [0.1, 0.15) is 15.9 Å². The summed E-state index contributed by atoms with van der Waals surface area (Å²) in [4.78, 5) is 12.0. The number of ether oxygens (including phenoxy) is 1. The van der Waals surface area contributed by atoms with Crippen molar-refractivity contribution in [3.8, 4) is 5.75 Å². The van der Waals surface area contributed by atoms with Crippen LogP contribution in [0.25, 0.3) is 0 Å².